The number of aromatic nitrogens is 1. The molecule has 0 N–H and O–H groups in total. The van der Waals surface area contributed by atoms with Crippen LogP contribution in [0.15, 0.2) is 48.0 Å². The predicted octanol–water partition coefficient (Wildman–Crippen LogP) is 6.52. The van der Waals surface area contributed by atoms with Crippen molar-refractivity contribution in [2.75, 3.05) is 26.0 Å². The Labute approximate surface area is 211 Å². The van der Waals surface area contributed by atoms with E-state index in [1.807, 2.05) is 32.6 Å². The molecule has 1 fully saturated rings. The van der Waals surface area contributed by atoms with E-state index >= 15 is 0 Å². The van der Waals surface area contributed by atoms with Crippen LogP contribution in [-0.2, 0) is 14.6 Å². The number of hydrogen-bond donors (Lipinski definition) is 0. The lowest BCUT2D eigenvalue weighted by molar-refractivity contribution is 0.0892. The molecule has 1 aromatic carbocycles. The summed E-state index contributed by atoms with van der Waals surface area (Å²) in [5, 5.41) is 0. The van der Waals surface area contributed by atoms with Crippen LogP contribution in [0.4, 0.5) is 4.79 Å². The first-order valence-corrected chi connectivity index (χ1v) is 14.0. The molecule has 1 aliphatic heterocycles. The number of rotatable bonds is 6. The topological polar surface area (TPSA) is 85.8 Å². The molecule has 2 heterocycles. The Hall–Kier alpha value is -2.87. The van der Waals surface area contributed by atoms with Gasteiger partial charge >= 0.3 is 6.09 Å². The summed E-state index contributed by atoms with van der Waals surface area (Å²) in [4.78, 5) is 17.6. The summed E-state index contributed by atoms with van der Waals surface area (Å²) in [6.45, 7) is 16.2. The van der Waals surface area contributed by atoms with E-state index in [0.29, 0.717) is 18.2 Å². The summed E-state index contributed by atoms with van der Waals surface area (Å²) >= 11 is 0. The van der Waals surface area contributed by atoms with Crippen molar-refractivity contribution in [1.82, 2.24) is 9.88 Å². The quantitative estimate of drug-likeness (QED) is 0.445. The number of hydrogen-bond acceptors (Lipinski definition) is 6. The summed E-state index contributed by atoms with van der Waals surface area (Å²) < 4.78 is 33.4. The highest BCUT2D eigenvalue weighted by Crippen LogP contribution is 2.23. The number of carbonyl (C=O) groups is 1. The number of pyridine rings is 1. The van der Waals surface area contributed by atoms with Crippen LogP contribution in [0.2, 0.25) is 0 Å². The highest BCUT2D eigenvalue weighted by molar-refractivity contribution is 7.90. The molecule has 1 aromatic heterocycles. The van der Waals surface area contributed by atoms with Gasteiger partial charge in [-0.05, 0) is 67.5 Å². The van der Waals surface area contributed by atoms with Crippen molar-refractivity contribution in [2.24, 2.45) is 5.92 Å². The van der Waals surface area contributed by atoms with Gasteiger partial charge in [-0.3, -0.25) is 0 Å². The van der Waals surface area contributed by atoms with Gasteiger partial charge in [0.05, 0.1) is 11.5 Å². The first kappa shape index (κ1) is 30.2. The van der Waals surface area contributed by atoms with Gasteiger partial charge < -0.3 is 14.4 Å². The number of carbonyl (C=O) groups excluding carboxylic acids is 1. The monoisotopic (exact) mass is 504 g/mol. The van der Waals surface area contributed by atoms with Crippen LogP contribution in [0.5, 0.6) is 11.6 Å². The summed E-state index contributed by atoms with van der Waals surface area (Å²) in [6, 6.07) is 8.00. The number of aryl methyl sites for hydroxylation is 1. The van der Waals surface area contributed by atoms with E-state index in [-0.39, 0.29) is 11.0 Å². The molecule has 35 heavy (non-hydrogen) atoms. The van der Waals surface area contributed by atoms with Gasteiger partial charge in [0.2, 0.25) is 5.88 Å². The number of likely N-dealkylation sites (tertiary alicyclic amines) is 1. The van der Waals surface area contributed by atoms with Crippen molar-refractivity contribution in [3.8, 4) is 11.6 Å². The zero-order chi connectivity index (χ0) is 26.4. The second kappa shape index (κ2) is 15.2. The highest BCUT2D eigenvalue weighted by Gasteiger charge is 2.20. The third-order valence-corrected chi connectivity index (χ3v) is 6.41. The second-order valence-electron chi connectivity index (χ2n) is 8.21. The molecule has 0 radical (unpaired) electrons. The lowest BCUT2D eigenvalue weighted by atomic mass is 10.00. The molecule has 3 rings (SSSR count). The lowest BCUT2D eigenvalue weighted by Crippen LogP contribution is -2.38. The number of benzene rings is 1. The minimum absolute atomic E-state index is 0.131. The predicted molar refractivity (Wildman–Crippen MR) is 142 cm³/mol. The Kier molecular flexibility index (Phi) is 13.1. The fourth-order valence-electron chi connectivity index (χ4n) is 3.14. The molecular weight excluding hydrogens is 464 g/mol. The molecule has 194 valence electrons. The highest BCUT2D eigenvalue weighted by atomic mass is 32.2. The Bertz CT molecular complexity index is 1030. The standard InChI is InChI=1S/C15H15NO3S.C10H19NO2.C2H6/c1-4-12-9-15(16-10-11(12)2)19-13-5-7-14(8-6-13)20(3,17)18;1-3-8-13-10(12)11-6-4-9(2)5-7-11;1-2/h4-10H,1H2,2-3H3;9H,3-8H2,1-2H3;1-2H3. The zero-order valence-electron chi connectivity index (χ0n) is 21.9. The van der Waals surface area contributed by atoms with Crippen molar-refractivity contribution in [3.05, 3.63) is 54.2 Å². The van der Waals surface area contributed by atoms with E-state index in [2.05, 4.69) is 18.5 Å². The van der Waals surface area contributed by atoms with Gasteiger partial charge in [-0.2, -0.15) is 0 Å². The normalized spacial score (nSPS) is 13.5. The van der Waals surface area contributed by atoms with Crippen molar-refractivity contribution < 1.29 is 22.7 Å². The van der Waals surface area contributed by atoms with E-state index in [9.17, 15) is 13.2 Å². The summed E-state index contributed by atoms with van der Waals surface area (Å²) in [5.74, 6) is 1.73. The van der Waals surface area contributed by atoms with E-state index in [4.69, 9.17) is 9.47 Å². The number of piperidine rings is 1. The molecule has 0 spiro atoms. The smallest absolute Gasteiger partial charge is 0.409 e. The molecule has 1 amide bonds. The lowest BCUT2D eigenvalue weighted by Gasteiger charge is -2.29. The van der Waals surface area contributed by atoms with Gasteiger partial charge in [0.15, 0.2) is 9.84 Å². The number of nitrogens with zero attached hydrogens (tertiary/aromatic N) is 2. The van der Waals surface area contributed by atoms with Gasteiger partial charge in [-0.25, -0.2) is 18.2 Å². The molecular formula is C27H40N2O5S. The van der Waals surface area contributed by atoms with Crippen LogP contribution in [0.1, 0.15) is 58.1 Å². The average molecular weight is 505 g/mol. The first-order valence-electron chi connectivity index (χ1n) is 12.1. The first-order chi connectivity index (χ1) is 16.6. The summed E-state index contributed by atoms with van der Waals surface area (Å²) in [5.41, 5.74) is 1.96. The van der Waals surface area contributed by atoms with E-state index in [1.165, 1.54) is 18.4 Å². The number of ether oxygens (including phenoxy) is 2. The van der Waals surface area contributed by atoms with E-state index in [1.54, 1.807) is 30.5 Å². The van der Waals surface area contributed by atoms with Crippen LogP contribution in [0.3, 0.4) is 0 Å². The minimum atomic E-state index is -3.19. The SMILES string of the molecule is C=Cc1cc(Oc2ccc(S(C)(=O)=O)cc2)ncc1C.CC.CCCOC(=O)N1CCC(C)CC1. The van der Waals surface area contributed by atoms with Gasteiger partial charge in [-0.15, -0.1) is 0 Å². The molecule has 0 aliphatic carbocycles. The molecule has 8 heteroatoms. The Morgan fingerprint density at radius 2 is 1.80 bits per heavy atom. The molecule has 0 saturated carbocycles. The van der Waals surface area contributed by atoms with Crippen LogP contribution < -0.4 is 4.74 Å². The van der Waals surface area contributed by atoms with Crippen molar-refractivity contribution in [3.63, 3.8) is 0 Å². The van der Waals surface area contributed by atoms with Gasteiger partial charge in [0, 0.05) is 31.6 Å². The Morgan fingerprint density at radius 3 is 2.31 bits per heavy atom. The van der Waals surface area contributed by atoms with Gasteiger partial charge in [-0.1, -0.05) is 40.3 Å². The molecule has 7 nitrogen and oxygen atoms in total. The fourth-order valence-corrected chi connectivity index (χ4v) is 3.77. The van der Waals surface area contributed by atoms with E-state index < -0.39 is 9.84 Å². The minimum Gasteiger partial charge on any atom is -0.449 e. The maximum absolute atomic E-state index is 11.4. The van der Waals surface area contributed by atoms with Gasteiger partial charge in [0.25, 0.3) is 0 Å². The number of amides is 1. The maximum atomic E-state index is 11.4. The summed E-state index contributed by atoms with van der Waals surface area (Å²) in [6.07, 6.45) is 7.60. The van der Waals surface area contributed by atoms with E-state index in [0.717, 1.165) is 49.4 Å². The van der Waals surface area contributed by atoms with Gasteiger partial charge in [0.1, 0.15) is 5.75 Å². The molecule has 2 aromatic rings. The van der Waals surface area contributed by atoms with Crippen LogP contribution in [-0.4, -0.2) is 50.3 Å². The number of sulfone groups is 1. The molecule has 1 saturated heterocycles. The Morgan fingerprint density at radius 1 is 1.20 bits per heavy atom. The van der Waals surface area contributed by atoms with Crippen LogP contribution in [0, 0.1) is 12.8 Å². The molecule has 0 unspecified atom stereocenters. The van der Waals surface area contributed by atoms with Crippen LogP contribution >= 0.6 is 0 Å². The third-order valence-electron chi connectivity index (χ3n) is 5.29. The third kappa shape index (κ3) is 10.5. The maximum Gasteiger partial charge on any atom is 0.409 e. The molecule has 0 bridgehead atoms. The average Bonchev–Trinajstić information content (AvgIpc) is 2.85. The van der Waals surface area contributed by atoms with Crippen molar-refractivity contribution in [2.45, 2.75) is 58.8 Å². The molecule has 1 aliphatic rings. The second-order valence-corrected chi connectivity index (χ2v) is 10.2. The summed E-state index contributed by atoms with van der Waals surface area (Å²) in [7, 11) is -3.19. The fraction of sp³-hybridized carbons (Fsp3) is 0.481. The largest absolute Gasteiger partial charge is 0.449 e. The van der Waals surface area contributed by atoms with Crippen molar-refractivity contribution in [1.29, 1.82) is 0 Å². The van der Waals surface area contributed by atoms with Crippen LogP contribution in [0.25, 0.3) is 6.08 Å². The Balaban J connectivity index is 0.000000354. The zero-order valence-corrected chi connectivity index (χ0v) is 22.7. The molecule has 0 atom stereocenters. The van der Waals surface area contributed by atoms with Crippen molar-refractivity contribution >= 4 is 22.0 Å².